The maximum Gasteiger partial charge on any atom is 0.186 e. The molecule has 0 fully saturated rings. The van der Waals surface area contributed by atoms with E-state index in [1.54, 1.807) is 91.0 Å². The Morgan fingerprint density at radius 1 is 0.684 bits per heavy atom. The van der Waals surface area contributed by atoms with Crippen LogP contribution in [0.25, 0.3) is 17.7 Å². The number of carbonyl (C=O) groups is 3. The Labute approximate surface area is 227 Å². The molecular weight excluding hydrogens is 468 g/mol. The van der Waals surface area contributed by atoms with Crippen LogP contribution in [0.1, 0.15) is 49.5 Å². The highest BCUT2D eigenvalue weighted by atomic mass is 16.1. The van der Waals surface area contributed by atoms with Crippen molar-refractivity contribution in [3.63, 3.8) is 0 Å². The highest BCUT2D eigenvalue weighted by molar-refractivity contribution is 6.14. The average molecular weight is 500 g/mol. The predicted octanol–water partition coefficient (Wildman–Crippen LogP) is 7.62. The van der Waals surface area contributed by atoms with Gasteiger partial charge in [0.1, 0.15) is 0 Å². The maximum atomic E-state index is 14.2. The van der Waals surface area contributed by atoms with Gasteiger partial charge >= 0.3 is 0 Å². The molecule has 0 bridgehead atoms. The van der Waals surface area contributed by atoms with Crippen LogP contribution >= 0.6 is 0 Å². The molecule has 0 heterocycles. The Morgan fingerprint density at radius 3 is 1.76 bits per heavy atom. The van der Waals surface area contributed by atoms with E-state index < -0.39 is 29.3 Å². The lowest BCUT2D eigenvalue weighted by Gasteiger charge is -2.21. The Balaban J connectivity index is 1.97. The van der Waals surface area contributed by atoms with Gasteiger partial charge in [-0.25, -0.2) is 0 Å². The highest BCUT2D eigenvalue weighted by Gasteiger charge is 2.28. The first-order chi connectivity index (χ1) is 19.7. The summed E-state index contributed by atoms with van der Waals surface area (Å²) < 4.78 is 27.0. The molecule has 4 aromatic carbocycles. The smallest absolute Gasteiger partial charge is 0.186 e. The molecule has 4 rings (SSSR count). The SMILES string of the molecule is [2H]C(=Cc1ccccc1)C(=O)c1ccccc1C([2H])(C(=O)/C([2H])=C/c1ccccc1)C(=CC(C)=O)c1ccccc1. The normalized spacial score (nSPS) is 15.0. The molecule has 0 aliphatic carbocycles. The molecule has 0 saturated heterocycles. The summed E-state index contributed by atoms with van der Waals surface area (Å²) in [5, 5.41) is 0. The molecule has 4 aromatic rings. The van der Waals surface area contributed by atoms with E-state index in [4.69, 9.17) is 2.74 Å². The van der Waals surface area contributed by atoms with Gasteiger partial charge in [0, 0.05) is 6.93 Å². The van der Waals surface area contributed by atoms with Gasteiger partial charge in [-0.1, -0.05) is 127 Å². The molecule has 38 heavy (non-hydrogen) atoms. The standard InChI is InChI=1S/C35H28O3/c1-26(36)25-32(29-17-9-4-10-18-29)35(34(38)24-22-28-15-7-3-8-16-28)31-20-12-11-19-30(31)33(37)23-21-27-13-5-2-6-14-27/h2-25,35H,1H3/b23-21?,24-22+,32-25?/i23D,24D,35D. The molecule has 0 N–H and O–H groups in total. The molecule has 1 unspecified atom stereocenters. The molecule has 1 atom stereocenters. The minimum absolute atomic E-state index is 0.0243. The zero-order chi connectivity index (χ0) is 29.4. The van der Waals surface area contributed by atoms with E-state index in [0.717, 1.165) is 0 Å². The van der Waals surface area contributed by atoms with Crippen LogP contribution in [0.5, 0.6) is 0 Å². The quantitative estimate of drug-likeness (QED) is 0.167. The van der Waals surface area contributed by atoms with Gasteiger partial charge in [-0.2, -0.15) is 0 Å². The van der Waals surface area contributed by atoms with Crippen molar-refractivity contribution in [1.82, 2.24) is 0 Å². The van der Waals surface area contributed by atoms with Gasteiger partial charge in [-0.3, -0.25) is 14.4 Å². The summed E-state index contributed by atoms with van der Waals surface area (Å²) >= 11 is 0. The Morgan fingerprint density at radius 2 is 1.18 bits per heavy atom. The molecule has 0 aliphatic rings. The summed E-state index contributed by atoms with van der Waals surface area (Å²) in [7, 11) is 0. The predicted molar refractivity (Wildman–Crippen MR) is 155 cm³/mol. The molecule has 186 valence electrons. The van der Waals surface area contributed by atoms with E-state index >= 15 is 0 Å². The van der Waals surface area contributed by atoms with Gasteiger partial charge in [0.2, 0.25) is 0 Å². The highest BCUT2D eigenvalue weighted by Crippen LogP contribution is 2.36. The topological polar surface area (TPSA) is 51.2 Å². The minimum atomic E-state index is -2.37. The summed E-state index contributed by atoms with van der Waals surface area (Å²) in [6.07, 6.45) is 3.98. The van der Waals surface area contributed by atoms with Gasteiger partial charge in [-0.05, 0) is 52.9 Å². The van der Waals surface area contributed by atoms with Gasteiger partial charge in [0.05, 0.1) is 8.64 Å². The summed E-state index contributed by atoms with van der Waals surface area (Å²) in [6, 6.07) is 31.6. The van der Waals surface area contributed by atoms with Crippen molar-refractivity contribution < 1.29 is 18.5 Å². The summed E-state index contributed by atoms with van der Waals surface area (Å²) in [4.78, 5) is 40.4. The average Bonchev–Trinajstić information content (AvgIpc) is 3.00. The number of ketones is 3. The zero-order valence-electron chi connectivity index (χ0n) is 23.9. The molecule has 0 spiro atoms. The lowest BCUT2D eigenvalue weighted by Crippen LogP contribution is -2.17. The van der Waals surface area contributed by atoms with Crippen molar-refractivity contribution in [3.8, 4) is 0 Å². The molecule has 3 nitrogen and oxygen atoms in total. The van der Waals surface area contributed by atoms with Crippen LogP contribution in [0.15, 0.2) is 133 Å². The maximum absolute atomic E-state index is 14.2. The first-order valence-corrected chi connectivity index (χ1v) is 12.2. The van der Waals surface area contributed by atoms with E-state index in [-0.39, 0.29) is 22.8 Å². The monoisotopic (exact) mass is 499 g/mol. The van der Waals surface area contributed by atoms with Gasteiger partial charge in [0.15, 0.2) is 17.3 Å². The largest absolute Gasteiger partial charge is 0.295 e. The van der Waals surface area contributed by atoms with Gasteiger partial charge in [0.25, 0.3) is 0 Å². The van der Waals surface area contributed by atoms with Crippen LogP contribution in [0, 0.1) is 0 Å². The van der Waals surface area contributed by atoms with Crippen molar-refractivity contribution in [2.75, 3.05) is 0 Å². The Hall–Kier alpha value is -4.89. The van der Waals surface area contributed by atoms with Crippen LogP contribution in [-0.2, 0) is 9.59 Å². The second-order valence-electron chi connectivity index (χ2n) is 8.51. The van der Waals surface area contributed by atoms with Crippen molar-refractivity contribution in [1.29, 1.82) is 0 Å². The van der Waals surface area contributed by atoms with Crippen molar-refractivity contribution in [2.45, 2.75) is 12.8 Å². The lowest BCUT2D eigenvalue weighted by atomic mass is 9.80. The van der Waals surface area contributed by atoms with E-state index in [1.807, 2.05) is 12.1 Å². The second-order valence-corrected chi connectivity index (χ2v) is 8.51. The number of carbonyl (C=O) groups excluding carboxylic acids is 3. The molecule has 0 radical (unpaired) electrons. The third-order valence-corrected chi connectivity index (χ3v) is 5.71. The van der Waals surface area contributed by atoms with Crippen LogP contribution in [-0.4, -0.2) is 17.3 Å². The fourth-order valence-corrected chi connectivity index (χ4v) is 3.96. The zero-order valence-corrected chi connectivity index (χ0v) is 20.9. The third-order valence-electron chi connectivity index (χ3n) is 5.71. The van der Waals surface area contributed by atoms with Crippen LogP contribution < -0.4 is 0 Å². The lowest BCUT2D eigenvalue weighted by molar-refractivity contribution is -0.114. The molecule has 0 saturated carbocycles. The van der Waals surface area contributed by atoms with Gasteiger partial charge in [-0.15, -0.1) is 0 Å². The third kappa shape index (κ3) is 6.86. The first kappa shape index (κ1) is 22.3. The number of benzene rings is 4. The van der Waals surface area contributed by atoms with Crippen LogP contribution in [0.4, 0.5) is 0 Å². The minimum Gasteiger partial charge on any atom is -0.295 e. The Bertz CT molecular complexity index is 1660. The van der Waals surface area contributed by atoms with Crippen molar-refractivity contribution >= 4 is 35.1 Å². The second kappa shape index (κ2) is 12.9. The van der Waals surface area contributed by atoms with Crippen LogP contribution in [0.2, 0.25) is 0 Å². The Kier molecular flexibility index (Phi) is 7.57. The number of hydrogen-bond donors (Lipinski definition) is 0. The van der Waals surface area contributed by atoms with E-state index in [9.17, 15) is 15.8 Å². The molecular formula is C35H28O3. The van der Waals surface area contributed by atoms with Crippen molar-refractivity contribution in [3.05, 3.63) is 161 Å². The number of rotatable bonds is 10. The number of allylic oxidation sites excluding steroid dienone is 4. The fourth-order valence-electron chi connectivity index (χ4n) is 3.96. The molecule has 0 aliphatic heterocycles. The van der Waals surface area contributed by atoms with Gasteiger partial charge < -0.3 is 0 Å². The van der Waals surface area contributed by atoms with Crippen LogP contribution in [0.3, 0.4) is 0 Å². The molecule has 0 amide bonds. The van der Waals surface area contributed by atoms with Crippen molar-refractivity contribution in [2.24, 2.45) is 0 Å². The molecule has 3 heteroatoms. The van der Waals surface area contributed by atoms with E-state index in [0.29, 0.717) is 16.7 Å². The first-order valence-electron chi connectivity index (χ1n) is 13.7. The summed E-state index contributed by atoms with van der Waals surface area (Å²) in [5.74, 6) is -4.38. The molecule has 0 aromatic heterocycles. The van der Waals surface area contributed by atoms with E-state index in [2.05, 4.69) is 0 Å². The summed E-state index contributed by atoms with van der Waals surface area (Å²) in [6.45, 7) is 1.32. The van der Waals surface area contributed by atoms with E-state index in [1.165, 1.54) is 37.3 Å². The summed E-state index contributed by atoms with van der Waals surface area (Å²) in [5.41, 5.74) is 1.63. The fraction of sp³-hybridized carbons (Fsp3) is 0.0571. The number of hydrogen-bond acceptors (Lipinski definition) is 3.